The van der Waals surface area contributed by atoms with Crippen LogP contribution in [0.4, 0.5) is 5.69 Å². The summed E-state index contributed by atoms with van der Waals surface area (Å²) >= 11 is 6.34. The second-order valence-corrected chi connectivity index (χ2v) is 5.84. The van der Waals surface area contributed by atoms with Gasteiger partial charge in [0.2, 0.25) is 0 Å². The lowest BCUT2D eigenvalue weighted by molar-refractivity contribution is 0.644. The Kier molecular flexibility index (Phi) is 4.52. The quantitative estimate of drug-likeness (QED) is 0.854. The average Bonchev–Trinajstić information content (AvgIpc) is 3.15. The third-order valence-corrected chi connectivity index (χ3v) is 4.08. The standard InChI is InChI=1S/C15H23ClN2/c1-3-12(17)9-13-14(16)5-4-6-15(13)18(2)10-11-7-8-11/h4-6,11-12H,3,7-10,17H2,1-2H3. The van der Waals surface area contributed by atoms with E-state index in [9.17, 15) is 0 Å². The highest BCUT2D eigenvalue weighted by atomic mass is 35.5. The Morgan fingerprint density at radius 1 is 1.44 bits per heavy atom. The van der Waals surface area contributed by atoms with Gasteiger partial charge in [0.05, 0.1) is 0 Å². The second kappa shape index (κ2) is 5.94. The number of hydrogen-bond acceptors (Lipinski definition) is 2. The van der Waals surface area contributed by atoms with Gasteiger partial charge in [0.1, 0.15) is 0 Å². The zero-order valence-electron chi connectivity index (χ0n) is 11.3. The lowest BCUT2D eigenvalue weighted by Gasteiger charge is -2.24. The first-order valence-electron chi connectivity index (χ1n) is 6.86. The van der Waals surface area contributed by atoms with E-state index in [4.69, 9.17) is 17.3 Å². The fraction of sp³-hybridized carbons (Fsp3) is 0.600. The molecule has 0 amide bonds. The van der Waals surface area contributed by atoms with Crippen LogP contribution < -0.4 is 10.6 Å². The van der Waals surface area contributed by atoms with Gasteiger partial charge >= 0.3 is 0 Å². The minimum Gasteiger partial charge on any atom is -0.374 e. The van der Waals surface area contributed by atoms with Gasteiger partial charge in [-0.3, -0.25) is 0 Å². The smallest absolute Gasteiger partial charge is 0.0459 e. The number of rotatable bonds is 6. The van der Waals surface area contributed by atoms with Crippen LogP contribution in [0.2, 0.25) is 5.02 Å². The molecule has 1 unspecified atom stereocenters. The molecule has 1 atom stereocenters. The van der Waals surface area contributed by atoms with Gasteiger partial charge in [-0.2, -0.15) is 0 Å². The summed E-state index contributed by atoms with van der Waals surface area (Å²) in [7, 11) is 2.16. The van der Waals surface area contributed by atoms with Crippen molar-refractivity contribution in [2.45, 2.75) is 38.6 Å². The predicted molar refractivity (Wildman–Crippen MR) is 79.4 cm³/mol. The molecule has 100 valence electrons. The zero-order valence-corrected chi connectivity index (χ0v) is 12.1. The van der Waals surface area contributed by atoms with E-state index in [1.165, 1.54) is 24.1 Å². The van der Waals surface area contributed by atoms with Crippen LogP contribution in [-0.4, -0.2) is 19.6 Å². The molecule has 0 heterocycles. The Morgan fingerprint density at radius 2 is 2.17 bits per heavy atom. The normalized spacial score (nSPS) is 16.7. The number of nitrogens with zero attached hydrogens (tertiary/aromatic N) is 1. The van der Waals surface area contributed by atoms with E-state index < -0.39 is 0 Å². The summed E-state index contributed by atoms with van der Waals surface area (Å²) < 4.78 is 0. The molecule has 0 aliphatic heterocycles. The molecule has 0 aromatic heterocycles. The van der Waals surface area contributed by atoms with Crippen LogP contribution in [0.15, 0.2) is 18.2 Å². The molecular weight excluding hydrogens is 244 g/mol. The van der Waals surface area contributed by atoms with E-state index in [-0.39, 0.29) is 6.04 Å². The molecule has 1 saturated carbocycles. The summed E-state index contributed by atoms with van der Waals surface area (Å²) in [6.45, 7) is 3.25. The van der Waals surface area contributed by atoms with Crippen molar-refractivity contribution in [3.05, 3.63) is 28.8 Å². The van der Waals surface area contributed by atoms with Crippen LogP contribution in [0.5, 0.6) is 0 Å². The summed E-state index contributed by atoms with van der Waals surface area (Å²) in [6, 6.07) is 6.35. The maximum absolute atomic E-state index is 6.34. The van der Waals surface area contributed by atoms with Gasteiger partial charge in [-0.15, -0.1) is 0 Å². The number of benzene rings is 1. The Hall–Kier alpha value is -0.730. The molecule has 0 radical (unpaired) electrons. The SMILES string of the molecule is CCC(N)Cc1c(Cl)cccc1N(C)CC1CC1. The largest absolute Gasteiger partial charge is 0.374 e. The van der Waals surface area contributed by atoms with Crippen molar-refractivity contribution < 1.29 is 0 Å². The Bertz CT molecular complexity index is 401. The molecule has 1 aliphatic rings. The summed E-state index contributed by atoms with van der Waals surface area (Å²) in [5.41, 5.74) is 8.53. The van der Waals surface area contributed by atoms with Gasteiger partial charge in [-0.25, -0.2) is 0 Å². The lowest BCUT2D eigenvalue weighted by Crippen LogP contribution is -2.25. The van der Waals surface area contributed by atoms with Crippen LogP contribution in [0, 0.1) is 5.92 Å². The molecule has 1 fully saturated rings. The molecule has 1 aromatic rings. The highest BCUT2D eigenvalue weighted by molar-refractivity contribution is 6.31. The minimum atomic E-state index is 0.193. The van der Waals surface area contributed by atoms with Gasteiger partial charge < -0.3 is 10.6 Å². The molecule has 0 spiro atoms. The summed E-state index contributed by atoms with van der Waals surface area (Å²) in [6.07, 6.45) is 4.58. The highest BCUT2D eigenvalue weighted by Crippen LogP contribution is 2.33. The van der Waals surface area contributed by atoms with Crippen molar-refractivity contribution in [3.8, 4) is 0 Å². The fourth-order valence-corrected chi connectivity index (χ4v) is 2.55. The van der Waals surface area contributed by atoms with Crippen molar-refractivity contribution in [3.63, 3.8) is 0 Å². The first kappa shape index (κ1) is 13.7. The topological polar surface area (TPSA) is 29.3 Å². The maximum Gasteiger partial charge on any atom is 0.0459 e. The van der Waals surface area contributed by atoms with E-state index in [1.54, 1.807) is 0 Å². The number of hydrogen-bond donors (Lipinski definition) is 1. The maximum atomic E-state index is 6.34. The zero-order chi connectivity index (χ0) is 13.1. The van der Waals surface area contributed by atoms with Crippen LogP contribution >= 0.6 is 11.6 Å². The summed E-state index contributed by atoms with van der Waals surface area (Å²) in [4.78, 5) is 2.33. The molecule has 2 N–H and O–H groups in total. The Labute approximate surface area is 115 Å². The minimum absolute atomic E-state index is 0.193. The van der Waals surface area contributed by atoms with Gasteiger partial charge in [-0.05, 0) is 49.3 Å². The van der Waals surface area contributed by atoms with Crippen LogP contribution in [0.1, 0.15) is 31.7 Å². The fourth-order valence-electron chi connectivity index (χ4n) is 2.30. The van der Waals surface area contributed by atoms with E-state index in [1.807, 2.05) is 12.1 Å². The van der Waals surface area contributed by atoms with Gasteiger partial charge in [0.25, 0.3) is 0 Å². The van der Waals surface area contributed by atoms with Crippen LogP contribution in [0.25, 0.3) is 0 Å². The third kappa shape index (κ3) is 3.39. The Morgan fingerprint density at radius 3 is 2.78 bits per heavy atom. The van der Waals surface area contributed by atoms with Crippen molar-refractivity contribution in [2.24, 2.45) is 11.7 Å². The summed E-state index contributed by atoms with van der Waals surface area (Å²) in [5, 5.41) is 0.846. The van der Waals surface area contributed by atoms with Gasteiger partial charge in [-0.1, -0.05) is 24.6 Å². The predicted octanol–water partition coefficient (Wildman–Crippen LogP) is 3.47. The third-order valence-electron chi connectivity index (χ3n) is 3.73. The number of halogens is 1. The average molecular weight is 267 g/mol. The van der Waals surface area contributed by atoms with E-state index in [0.29, 0.717) is 0 Å². The molecule has 18 heavy (non-hydrogen) atoms. The van der Waals surface area contributed by atoms with Crippen LogP contribution in [-0.2, 0) is 6.42 Å². The van der Waals surface area contributed by atoms with Gasteiger partial charge in [0, 0.05) is 30.3 Å². The Balaban J connectivity index is 2.18. The molecule has 2 nitrogen and oxygen atoms in total. The molecule has 1 aliphatic carbocycles. The molecule has 3 heteroatoms. The number of nitrogens with two attached hydrogens (primary N) is 1. The monoisotopic (exact) mass is 266 g/mol. The molecule has 1 aromatic carbocycles. The summed E-state index contributed by atoms with van der Waals surface area (Å²) in [5.74, 6) is 0.877. The molecule has 2 rings (SSSR count). The first-order valence-corrected chi connectivity index (χ1v) is 7.23. The first-order chi connectivity index (χ1) is 8.61. The lowest BCUT2D eigenvalue weighted by atomic mass is 10.0. The van der Waals surface area contributed by atoms with Crippen molar-refractivity contribution >= 4 is 17.3 Å². The molecule has 0 bridgehead atoms. The number of anilines is 1. The van der Waals surface area contributed by atoms with E-state index in [0.717, 1.165) is 30.3 Å². The molecular formula is C15H23ClN2. The van der Waals surface area contributed by atoms with Gasteiger partial charge in [0.15, 0.2) is 0 Å². The van der Waals surface area contributed by atoms with Crippen molar-refractivity contribution in [1.29, 1.82) is 0 Å². The molecule has 0 saturated heterocycles. The van der Waals surface area contributed by atoms with E-state index >= 15 is 0 Å². The van der Waals surface area contributed by atoms with E-state index in [2.05, 4.69) is 24.9 Å². The van der Waals surface area contributed by atoms with Crippen molar-refractivity contribution in [1.82, 2.24) is 0 Å². The highest BCUT2D eigenvalue weighted by Gasteiger charge is 2.24. The van der Waals surface area contributed by atoms with Crippen LogP contribution in [0.3, 0.4) is 0 Å². The second-order valence-electron chi connectivity index (χ2n) is 5.43. The van der Waals surface area contributed by atoms with Crippen molar-refractivity contribution in [2.75, 3.05) is 18.5 Å².